The maximum absolute atomic E-state index is 11.0. The number of carboxylic acids is 1. The van der Waals surface area contributed by atoms with Gasteiger partial charge in [-0.25, -0.2) is 4.79 Å². The molecule has 0 amide bonds. The van der Waals surface area contributed by atoms with E-state index < -0.39 is 24.3 Å². The third-order valence-electron chi connectivity index (χ3n) is 4.47. The molecule has 7 heteroatoms. The van der Waals surface area contributed by atoms with Gasteiger partial charge in [-0.2, -0.15) is 0 Å². The average Bonchev–Trinajstić information content (AvgIpc) is 2.65. The second-order valence-corrected chi connectivity index (χ2v) is 6.66. The molecule has 23 heavy (non-hydrogen) atoms. The molecule has 0 saturated carbocycles. The van der Waals surface area contributed by atoms with Crippen LogP contribution in [0.5, 0.6) is 0 Å². The van der Waals surface area contributed by atoms with Gasteiger partial charge in [0.05, 0.1) is 16.8 Å². The van der Waals surface area contributed by atoms with E-state index in [-0.39, 0.29) is 12.1 Å². The molecule has 2 rings (SSSR count). The van der Waals surface area contributed by atoms with Crippen LogP contribution in [0, 0.1) is 0 Å². The van der Waals surface area contributed by atoms with Gasteiger partial charge in [0.25, 0.3) is 0 Å². The highest BCUT2D eigenvalue weighted by Gasteiger charge is 2.52. The van der Waals surface area contributed by atoms with Crippen LogP contribution in [-0.4, -0.2) is 35.9 Å². The Hall–Kier alpha value is -1.83. The summed E-state index contributed by atoms with van der Waals surface area (Å²) in [6.07, 6.45) is 1.79. The topological polar surface area (TPSA) is 108 Å². The summed E-state index contributed by atoms with van der Waals surface area (Å²) < 4.78 is 12.0. The Kier molecular flexibility index (Phi) is 4.57. The smallest absolute Gasteiger partial charge is 0.478 e. The number of aromatic carboxylic acids is 1. The maximum Gasteiger partial charge on any atom is 0.491 e. The van der Waals surface area contributed by atoms with Gasteiger partial charge in [0.1, 0.15) is 0 Å². The fourth-order valence-corrected chi connectivity index (χ4v) is 2.26. The van der Waals surface area contributed by atoms with E-state index in [4.69, 9.17) is 25.9 Å². The molecule has 1 aromatic carbocycles. The molecular weight excluding hydrogens is 295 g/mol. The van der Waals surface area contributed by atoms with E-state index in [0.717, 1.165) is 5.47 Å². The van der Waals surface area contributed by atoms with E-state index in [1.54, 1.807) is 12.1 Å². The fraction of sp³-hybridized carbons (Fsp3) is 0.438. The van der Waals surface area contributed by atoms with Crippen molar-refractivity contribution < 1.29 is 19.2 Å². The molecule has 6 nitrogen and oxygen atoms in total. The van der Waals surface area contributed by atoms with E-state index in [0.29, 0.717) is 11.3 Å². The fourth-order valence-electron chi connectivity index (χ4n) is 2.26. The molecule has 1 aliphatic rings. The molecule has 1 aliphatic heterocycles. The van der Waals surface area contributed by atoms with Crippen LogP contribution in [0.4, 0.5) is 5.69 Å². The number of carbonyl (C=O) groups is 1. The predicted molar refractivity (Wildman–Crippen MR) is 90.9 cm³/mol. The van der Waals surface area contributed by atoms with Gasteiger partial charge in [-0.3, -0.25) is 0 Å². The van der Waals surface area contributed by atoms with Gasteiger partial charge in [0, 0.05) is 12.2 Å². The van der Waals surface area contributed by atoms with Crippen molar-refractivity contribution in [1.29, 1.82) is 0 Å². The van der Waals surface area contributed by atoms with Crippen molar-refractivity contribution in [3.05, 3.63) is 34.8 Å². The van der Waals surface area contributed by atoms with Crippen molar-refractivity contribution in [3.63, 3.8) is 0 Å². The van der Waals surface area contributed by atoms with Gasteiger partial charge >= 0.3 is 13.1 Å². The molecule has 1 aromatic rings. The van der Waals surface area contributed by atoms with Crippen LogP contribution < -0.4 is 11.5 Å². The van der Waals surface area contributed by atoms with E-state index in [1.807, 2.05) is 27.7 Å². The second kappa shape index (κ2) is 6.00. The van der Waals surface area contributed by atoms with Crippen molar-refractivity contribution >= 4 is 24.9 Å². The lowest BCUT2D eigenvalue weighted by molar-refractivity contribution is 0.00578. The molecule has 124 valence electrons. The number of hydrogen-bond acceptors (Lipinski definition) is 5. The first-order valence-electron chi connectivity index (χ1n) is 7.46. The lowest BCUT2D eigenvalue weighted by atomic mass is 9.77. The van der Waals surface area contributed by atoms with Crippen molar-refractivity contribution in [2.75, 3.05) is 12.3 Å². The predicted octanol–water partition coefficient (Wildman–Crippen LogP) is 1.94. The summed E-state index contributed by atoms with van der Waals surface area (Å²) in [4.78, 5) is 11.0. The van der Waals surface area contributed by atoms with Crippen molar-refractivity contribution in [2.24, 2.45) is 5.73 Å². The monoisotopic (exact) mass is 318 g/mol. The minimum Gasteiger partial charge on any atom is -0.478 e. The number of anilines is 1. The molecule has 0 spiro atoms. The molecule has 0 aromatic heterocycles. The summed E-state index contributed by atoms with van der Waals surface area (Å²) in [5.41, 5.74) is 12.8. The molecule has 5 N–H and O–H groups in total. The molecule has 0 bridgehead atoms. The van der Waals surface area contributed by atoms with Gasteiger partial charge in [0.15, 0.2) is 0 Å². The number of rotatable bonds is 4. The summed E-state index contributed by atoms with van der Waals surface area (Å²) in [5.74, 6) is -1.02. The quantitative estimate of drug-likeness (QED) is 0.578. The molecule has 1 saturated heterocycles. The molecule has 1 fully saturated rings. The number of nitrogen functional groups attached to an aromatic ring is 1. The largest absolute Gasteiger partial charge is 0.491 e. The Morgan fingerprint density at radius 1 is 1.26 bits per heavy atom. The molecule has 0 unspecified atom stereocenters. The molecular formula is C16H23BN2O4. The van der Waals surface area contributed by atoms with Gasteiger partial charge in [0.2, 0.25) is 0 Å². The van der Waals surface area contributed by atoms with E-state index in [2.05, 4.69) is 0 Å². The highest BCUT2D eigenvalue weighted by atomic mass is 16.7. The van der Waals surface area contributed by atoms with Gasteiger partial charge in [-0.1, -0.05) is 12.1 Å². The third kappa shape index (κ3) is 3.42. The van der Waals surface area contributed by atoms with Crippen LogP contribution in [0.15, 0.2) is 23.7 Å². The van der Waals surface area contributed by atoms with Crippen LogP contribution in [0.2, 0.25) is 0 Å². The molecule has 1 heterocycles. The average molecular weight is 318 g/mol. The Morgan fingerprint density at radius 3 is 2.26 bits per heavy atom. The van der Waals surface area contributed by atoms with Gasteiger partial charge in [-0.05, 0) is 50.9 Å². The zero-order chi connectivity index (χ0) is 17.4. The first kappa shape index (κ1) is 17.5. The SMILES string of the molecule is CC1(C)OB(C(=Cc2ccc(C(=O)O)cc2N)CN)OC1(C)C. The van der Waals surface area contributed by atoms with Crippen LogP contribution in [0.3, 0.4) is 0 Å². The molecule has 0 aliphatic carbocycles. The summed E-state index contributed by atoms with van der Waals surface area (Å²) in [6, 6.07) is 4.58. The minimum absolute atomic E-state index is 0.143. The number of nitrogens with two attached hydrogens (primary N) is 2. The maximum atomic E-state index is 11.0. The normalized spacial score (nSPS) is 19.9. The zero-order valence-electron chi connectivity index (χ0n) is 13.9. The van der Waals surface area contributed by atoms with Crippen LogP contribution in [-0.2, 0) is 9.31 Å². The van der Waals surface area contributed by atoms with Crippen molar-refractivity contribution in [1.82, 2.24) is 0 Å². The Labute approximate surface area is 136 Å². The van der Waals surface area contributed by atoms with Crippen LogP contribution in [0.25, 0.3) is 6.08 Å². The zero-order valence-corrected chi connectivity index (χ0v) is 13.9. The standard InChI is InChI=1S/C16H23BN2O4/c1-15(2)16(3,4)23-17(22-15)12(9-18)7-10-5-6-11(14(20)21)8-13(10)19/h5-8H,9,18-19H2,1-4H3,(H,20,21). The highest BCUT2D eigenvalue weighted by molar-refractivity contribution is 6.56. The molecule has 0 atom stereocenters. The van der Waals surface area contributed by atoms with Gasteiger partial charge in [-0.15, -0.1) is 0 Å². The van der Waals surface area contributed by atoms with E-state index in [9.17, 15) is 4.79 Å². The number of hydrogen-bond donors (Lipinski definition) is 3. The Bertz CT molecular complexity index is 639. The van der Waals surface area contributed by atoms with Crippen LogP contribution in [0.1, 0.15) is 43.6 Å². The van der Waals surface area contributed by atoms with Crippen molar-refractivity contribution in [2.45, 2.75) is 38.9 Å². The Balaban J connectivity index is 2.32. The minimum atomic E-state index is -1.02. The first-order valence-corrected chi connectivity index (χ1v) is 7.46. The number of benzene rings is 1. The highest BCUT2D eigenvalue weighted by Crippen LogP contribution is 2.38. The lowest BCUT2D eigenvalue weighted by Gasteiger charge is -2.32. The van der Waals surface area contributed by atoms with E-state index in [1.165, 1.54) is 12.1 Å². The van der Waals surface area contributed by atoms with Crippen LogP contribution >= 0.6 is 0 Å². The number of carboxylic acid groups (broad SMARTS) is 1. The Morgan fingerprint density at radius 2 is 1.83 bits per heavy atom. The first-order chi connectivity index (χ1) is 10.6. The summed E-state index contributed by atoms with van der Waals surface area (Å²) in [6.45, 7) is 8.12. The summed E-state index contributed by atoms with van der Waals surface area (Å²) in [7, 11) is -0.552. The van der Waals surface area contributed by atoms with E-state index >= 15 is 0 Å². The summed E-state index contributed by atoms with van der Waals surface area (Å²) >= 11 is 0. The second-order valence-electron chi connectivity index (χ2n) is 6.66. The van der Waals surface area contributed by atoms with Crippen molar-refractivity contribution in [3.8, 4) is 0 Å². The third-order valence-corrected chi connectivity index (χ3v) is 4.47. The van der Waals surface area contributed by atoms with Gasteiger partial charge < -0.3 is 25.9 Å². The molecule has 0 radical (unpaired) electrons. The lowest BCUT2D eigenvalue weighted by Crippen LogP contribution is -2.41. The summed E-state index contributed by atoms with van der Waals surface area (Å²) in [5, 5.41) is 8.99.